The summed E-state index contributed by atoms with van der Waals surface area (Å²) in [6, 6.07) is 7.75. The first-order valence-corrected chi connectivity index (χ1v) is 6.18. The van der Waals surface area contributed by atoms with Crippen LogP contribution in [0.2, 0.25) is 0 Å². The summed E-state index contributed by atoms with van der Waals surface area (Å²) in [5, 5.41) is 4.84. The number of anilines is 2. The van der Waals surface area contributed by atoms with Gasteiger partial charge >= 0.3 is 0 Å². The molecule has 0 saturated carbocycles. The van der Waals surface area contributed by atoms with Crippen molar-refractivity contribution in [1.29, 1.82) is 0 Å². The second kappa shape index (κ2) is 4.97. The van der Waals surface area contributed by atoms with E-state index >= 15 is 0 Å². The van der Waals surface area contributed by atoms with E-state index in [-0.39, 0.29) is 5.91 Å². The number of aryl methyl sites for hydroxylation is 1. The molecule has 0 atom stereocenters. The van der Waals surface area contributed by atoms with Gasteiger partial charge < -0.3 is 11.1 Å². The third-order valence-electron chi connectivity index (χ3n) is 2.35. The van der Waals surface area contributed by atoms with Crippen LogP contribution in [0.5, 0.6) is 0 Å². The van der Waals surface area contributed by atoms with Gasteiger partial charge in [-0.3, -0.25) is 4.79 Å². The van der Waals surface area contributed by atoms with Crippen LogP contribution < -0.4 is 11.1 Å². The molecule has 0 aliphatic heterocycles. The maximum absolute atomic E-state index is 11.8. The van der Waals surface area contributed by atoms with Crippen LogP contribution in [0.4, 0.5) is 10.8 Å². The molecule has 3 N–H and O–H groups in total. The van der Waals surface area contributed by atoms with Gasteiger partial charge in [0, 0.05) is 11.1 Å². The molecule has 2 rings (SSSR count). The molecule has 0 radical (unpaired) electrons. The number of nitrogens with two attached hydrogens (primary N) is 1. The monoisotopic (exact) mass is 247 g/mol. The molecule has 1 amide bonds. The van der Waals surface area contributed by atoms with E-state index in [1.165, 1.54) is 16.9 Å². The highest BCUT2D eigenvalue weighted by atomic mass is 32.1. The number of nitrogens with one attached hydrogen (secondary N) is 1. The van der Waals surface area contributed by atoms with Crippen LogP contribution in [0.3, 0.4) is 0 Å². The Kier molecular flexibility index (Phi) is 3.39. The third-order valence-corrected chi connectivity index (χ3v) is 3.02. The van der Waals surface area contributed by atoms with Gasteiger partial charge in [0.25, 0.3) is 5.91 Å². The Morgan fingerprint density at radius 3 is 3.00 bits per heavy atom. The van der Waals surface area contributed by atoms with Gasteiger partial charge in [0.2, 0.25) is 0 Å². The number of rotatable bonds is 3. The smallest absolute Gasteiger partial charge is 0.275 e. The molecule has 0 fully saturated rings. The Morgan fingerprint density at radius 1 is 1.53 bits per heavy atom. The van der Waals surface area contributed by atoms with E-state index in [1.807, 2.05) is 24.3 Å². The highest BCUT2D eigenvalue weighted by Crippen LogP contribution is 2.15. The molecule has 88 valence electrons. The lowest BCUT2D eigenvalue weighted by atomic mass is 10.1. The number of carbonyl (C=O) groups is 1. The number of hydrogen-bond donors (Lipinski definition) is 2. The molecule has 5 heteroatoms. The van der Waals surface area contributed by atoms with Crippen molar-refractivity contribution >= 4 is 28.1 Å². The summed E-state index contributed by atoms with van der Waals surface area (Å²) in [4.78, 5) is 15.7. The van der Waals surface area contributed by atoms with Crippen molar-refractivity contribution in [3.8, 4) is 0 Å². The van der Waals surface area contributed by atoms with Gasteiger partial charge in [0.1, 0.15) is 5.69 Å². The standard InChI is InChI=1S/C12H13N3OS/c1-2-8-4-3-5-9(6-8)14-11(16)10-7-17-12(13)15-10/h3-7H,2H2,1H3,(H2,13,15)(H,14,16). The Bertz CT molecular complexity index is 536. The number of hydrogen-bond acceptors (Lipinski definition) is 4. The molecule has 0 aliphatic rings. The molecular formula is C12H13N3OS. The molecular weight excluding hydrogens is 234 g/mol. The van der Waals surface area contributed by atoms with E-state index in [9.17, 15) is 4.79 Å². The summed E-state index contributed by atoms with van der Waals surface area (Å²) in [5.74, 6) is -0.230. The molecule has 4 nitrogen and oxygen atoms in total. The minimum absolute atomic E-state index is 0.230. The Balaban J connectivity index is 2.12. The largest absolute Gasteiger partial charge is 0.375 e. The van der Waals surface area contributed by atoms with E-state index in [4.69, 9.17) is 5.73 Å². The Morgan fingerprint density at radius 2 is 2.35 bits per heavy atom. The SMILES string of the molecule is CCc1cccc(NC(=O)c2csc(N)n2)c1. The van der Waals surface area contributed by atoms with E-state index in [1.54, 1.807) is 5.38 Å². The lowest BCUT2D eigenvalue weighted by Gasteiger charge is -2.04. The predicted molar refractivity (Wildman–Crippen MR) is 70.3 cm³/mol. The van der Waals surface area contributed by atoms with Crippen LogP contribution in [-0.4, -0.2) is 10.9 Å². The summed E-state index contributed by atoms with van der Waals surface area (Å²) in [5.41, 5.74) is 7.80. The summed E-state index contributed by atoms with van der Waals surface area (Å²) in [6.45, 7) is 2.07. The zero-order valence-corrected chi connectivity index (χ0v) is 10.3. The predicted octanol–water partition coefficient (Wildman–Crippen LogP) is 2.54. The van der Waals surface area contributed by atoms with E-state index in [0.717, 1.165) is 12.1 Å². The van der Waals surface area contributed by atoms with E-state index in [2.05, 4.69) is 17.2 Å². The highest BCUT2D eigenvalue weighted by molar-refractivity contribution is 7.13. The summed E-state index contributed by atoms with van der Waals surface area (Å²) >= 11 is 1.26. The van der Waals surface area contributed by atoms with Gasteiger partial charge in [-0.1, -0.05) is 19.1 Å². The first kappa shape index (κ1) is 11.6. The molecule has 1 aromatic heterocycles. The molecule has 0 spiro atoms. The molecule has 2 aromatic rings. The Labute approximate surface area is 103 Å². The zero-order valence-electron chi connectivity index (χ0n) is 9.43. The average molecular weight is 247 g/mol. The maximum Gasteiger partial charge on any atom is 0.275 e. The topological polar surface area (TPSA) is 68.0 Å². The van der Waals surface area contributed by atoms with Gasteiger partial charge in [0.15, 0.2) is 5.13 Å². The normalized spacial score (nSPS) is 10.2. The zero-order chi connectivity index (χ0) is 12.3. The maximum atomic E-state index is 11.8. The van der Waals surface area contributed by atoms with Crippen LogP contribution in [-0.2, 0) is 6.42 Å². The van der Waals surface area contributed by atoms with Crippen molar-refractivity contribution in [1.82, 2.24) is 4.98 Å². The first-order valence-electron chi connectivity index (χ1n) is 5.30. The first-order chi connectivity index (χ1) is 8.19. The number of aromatic nitrogens is 1. The minimum atomic E-state index is -0.230. The van der Waals surface area contributed by atoms with Crippen LogP contribution >= 0.6 is 11.3 Å². The van der Waals surface area contributed by atoms with Crippen LogP contribution in [0.1, 0.15) is 23.0 Å². The second-order valence-electron chi connectivity index (χ2n) is 3.58. The highest BCUT2D eigenvalue weighted by Gasteiger charge is 2.09. The van der Waals surface area contributed by atoms with Crippen LogP contribution in [0.15, 0.2) is 29.6 Å². The number of carbonyl (C=O) groups excluding carboxylic acids is 1. The number of nitrogen functional groups attached to an aromatic ring is 1. The van der Waals surface area contributed by atoms with Crippen LogP contribution in [0, 0.1) is 0 Å². The van der Waals surface area contributed by atoms with Crippen molar-refractivity contribution in [3.63, 3.8) is 0 Å². The van der Waals surface area contributed by atoms with E-state index in [0.29, 0.717) is 10.8 Å². The van der Waals surface area contributed by atoms with Gasteiger partial charge in [-0.2, -0.15) is 0 Å². The molecule has 0 saturated heterocycles. The fourth-order valence-electron chi connectivity index (χ4n) is 1.46. The number of amides is 1. The van der Waals surface area contributed by atoms with Gasteiger partial charge in [-0.05, 0) is 24.1 Å². The lowest BCUT2D eigenvalue weighted by molar-refractivity contribution is 0.102. The van der Waals surface area contributed by atoms with E-state index < -0.39 is 0 Å². The average Bonchev–Trinajstić information content (AvgIpc) is 2.76. The summed E-state index contributed by atoms with van der Waals surface area (Å²) < 4.78 is 0. The molecule has 0 bridgehead atoms. The molecule has 0 aliphatic carbocycles. The van der Waals surface area contributed by atoms with Crippen LogP contribution in [0.25, 0.3) is 0 Å². The fourth-order valence-corrected chi connectivity index (χ4v) is 2.00. The number of nitrogens with zero attached hydrogens (tertiary/aromatic N) is 1. The van der Waals surface area contributed by atoms with Crippen molar-refractivity contribution in [3.05, 3.63) is 40.9 Å². The molecule has 0 unspecified atom stereocenters. The van der Waals surface area contributed by atoms with Crippen molar-refractivity contribution in [2.75, 3.05) is 11.1 Å². The molecule has 17 heavy (non-hydrogen) atoms. The minimum Gasteiger partial charge on any atom is -0.375 e. The Hall–Kier alpha value is -1.88. The fraction of sp³-hybridized carbons (Fsp3) is 0.167. The third kappa shape index (κ3) is 2.82. The van der Waals surface area contributed by atoms with Crippen molar-refractivity contribution in [2.45, 2.75) is 13.3 Å². The van der Waals surface area contributed by atoms with Crippen molar-refractivity contribution in [2.24, 2.45) is 0 Å². The summed E-state index contributed by atoms with van der Waals surface area (Å²) in [6.07, 6.45) is 0.938. The van der Waals surface area contributed by atoms with Gasteiger partial charge in [-0.25, -0.2) is 4.98 Å². The molecule has 1 heterocycles. The van der Waals surface area contributed by atoms with Gasteiger partial charge in [-0.15, -0.1) is 11.3 Å². The molecule has 1 aromatic carbocycles. The number of benzene rings is 1. The lowest BCUT2D eigenvalue weighted by Crippen LogP contribution is -2.12. The quantitative estimate of drug-likeness (QED) is 0.875. The van der Waals surface area contributed by atoms with Gasteiger partial charge in [0.05, 0.1) is 0 Å². The summed E-state index contributed by atoms with van der Waals surface area (Å²) in [7, 11) is 0. The van der Waals surface area contributed by atoms with Crippen molar-refractivity contribution < 1.29 is 4.79 Å². The number of thiazole rings is 1. The second-order valence-corrected chi connectivity index (χ2v) is 4.47.